The Morgan fingerprint density at radius 2 is 2.17 bits per heavy atom. The summed E-state index contributed by atoms with van der Waals surface area (Å²) in [6.45, 7) is 0.985. The van der Waals surface area contributed by atoms with Crippen molar-refractivity contribution < 1.29 is 0 Å². The van der Waals surface area contributed by atoms with E-state index in [-0.39, 0.29) is 0 Å². The van der Waals surface area contributed by atoms with Crippen LogP contribution in [0.25, 0.3) is 10.2 Å². The maximum Gasteiger partial charge on any atom is 0.225 e. The van der Waals surface area contributed by atoms with Gasteiger partial charge in [-0.2, -0.15) is 11.8 Å². The van der Waals surface area contributed by atoms with Crippen LogP contribution in [0.4, 0.5) is 5.82 Å². The first-order valence-electron chi connectivity index (χ1n) is 6.05. The van der Waals surface area contributed by atoms with Crippen molar-refractivity contribution in [3.8, 4) is 0 Å². The molecule has 0 saturated carbocycles. The molecule has 0 amide bonds. The third-order valence-corrected chi connectivity index (χ3v) is 5.22. The summed E-state index contributed by atoms with van der Waals surface area (Å²) < 4.78 is 0. The van der Waals surface area contributed by atoms with E-state index < -0.39 is 0 Å². The lowest BCUT2D eigenvalue weighted by Crippen LogP contribution is -2.19. The third-order valence-electron chi connectivity index (χ3n) is 3.20. The van der Waals surface area contributed by atoms with Crippen LogP contribution in [0.15, 0.2) is 11.4 Å². The first-order chi connectivity index (χ1) is 8.83. The topological polar surface area (TPSA) is 37.8 Å². The summed E-state index contributed by atoms with van der Waals surface area (Å²) in [6.07, 6.45) is 2.59. The summed E-state index contributed by atoms with van der Waals surface area (Å²) in [5.41, 5.74) is 0. The van der Waals surface area contributed by atoms with Crippen molar-refractivity contribution >= 4 is 50.7 Å². The second-order valence-electron chi connectivity index (χ2n) is 4.42. The van der Waals surface area contributed by atoms with E-state index in [1.54, 1.807) is 11.3 Å². The van der Waals surface area contributed by atoms with Gasteiger partial charge in [-0.1, -0.05) is 0 Å². The number of nitrogens with one attached hydrogen (secondary N) is 1. The molecule has 0 atom stereocenters. The Morgan fingerprint density at radius 3 is 3.00 bits per heavy atom. The minimum Gasteiger partial charge on any atom is -0.369 e. The molecule has 18 heavy (non-hydrogen) atoms. The zero-order valence-electron chi connectivity index (χ0n) is 9.86. The van der Waals surface area contributed by atoms with Crippen molar-refractivity contribution in [1.82, 2.24) is 9.97 Å². The van der Waals surface area contributed by atoms with Gasteiger partial charge in [-0.25, -0.2) is 9.97 Å². The highest BCUT2D eigenvalue weighted by Crippen LogP contribution is 2.28. The predicted octanol–water partition coefficient (Wildman–Crippen LogP) is 3.90. The fraction of sp³-hybridized carbons (Fsp3) is 0.500. The molecule has 1 aliphatic rings. The van der Waals surface area contributed by atoms with Gasteiger partial charge >= 0.3 is 0 Å². The van der Waals surface area contributed by atoms with Crippen LogP contribution < -0.4 is 5.32 Å². The van der Waals surface area contributed by atoms with E-state index in [4.69, 9.17) is 11.6 Å². The number of thioether (sulfide) groups is 1. The monoisotopic (exact) mass is 299 g/mol. The normalized spacial score (nSPS) is 17.2. The minimum absolute atomic E-state index is 0.326. The van der Waals surface area contributed by atoms with E-state index in [0.29, 0.717) is 5.28 Å². The van der Waals surface area contributed by atoms with E-state index >= 15 is 0 Å². The molecule has 2 aromatic rings. The summed E-state index contributed by atoms with van der Waals surface area (Å²) in [5.74, 6) is 4.20. The lowest BCUT2D eigenvalue weighted by molar-refractivity contribution is 0.515. The van der Waals surface area contributed by atoms with Gasteiger partial charge in [0.25, 0.3) is 0 Å². The molecule has 1 fully saturated rings. The summed E-state index contributed by atoms with van der Waals surface area (Å²) in [7, 11) is 0. The first kappa shape index (κ1) is 12.5. The molecular formula is C12H14ClN3S2. The Morgan fingerprint density at radius 1 is 1.33 bits per heavy atom. The van der Waals surface area contributed by atoms with Crippen molar-refractivity contribution in [2.24, 2.45) is 5.92 Å². The van der Waals surface area contributed by atoms with Crippen LogP contribution in [0.2, 0.25) is 5.28 Å². The van der Waals surface area contributed by atoms with Gasteiger partial charge in [-0.15, -0.1) is 11.3 Å². The number of nitrogens with zero attached hydrogens (tertiary/aromatic N) is 2. The zero-order valence-corrected chi connectivity index (χ0v) is 12.2. The number of aromatic nitrogens is 2. The number of thiophene rings is 1. The molecule has 96 valence electrons. The van der Waals surface area contributed by atoms with E-state index in [1.807, 2.05) is 5.38 Å². The van der Waals surface area contributed by atoms with Crippen molar-refractivity contribution in [2.75, 3.05) is 23.4 Å². The third kappa shape index (κ3) is 2.73. The zero-order chi connectivity index (χ0) is 12.4. The van der Waals surface area contributed by atoms with Crippen LogP contribution in [0.1, 0.15) is 12.8 Å². The maximum atomic E-state index is 5.94. The van der Waals surface area contributed by atoms with Crippen LogP contribution >= 0.6 is 34.7 Å². The van der Waals surface area contributed by atoms with Crippen molar-refractivity contribution in [2.45, 2.75) is 12.8 Å². The first-order valence-corrected chi connectivity index (χ1v) is 8.46. The summed E-state index contributed by atoms with van der Waals surface area (Å²) in [6, 6.07) is 2.05. The largest absolute Gasteiger partial charge is 0.369 e. The Kier molecular flexibility index (Phi) is 3.91. The van der Waals surface area contributed by atoms with Crippen molar-refractivity contribution in [3.05, 3.63) is 16.7 Å². The van der Waals surface area contributed by atoms with Gasteiger partial charge in [0.1, 0.15) is 10.6 Å². The molecule has 3 rings (SSSR count). The molecule has 1 N–H and O–H groups in total. The smallest absolute Gasteiger partial charge is 0.225 e. The lowest BCUT2D eigenvalue weighted by Gasteiger charge is -2.21. The molecule has 0 bridgehead atoms. The standard InChI is InChI=1S/C12H14ClN3S2/c13-12-15-10(9-3-6-18-11(9)16-12)14-7-8-1-4-17-5-2-8/h3,6,8H,1-2,4-5,7H2,(H,14,15,16). The average Bonchev–Trinajstić information content (AvgIpc) is 2.85. The summed E-state index contributed by atoms with van der Waals surface area (Å²) in [4.78, 5) is 9.48. The number of anilines is 1. The van der Waals surface area contributed by atoms with E-state index in [0.717, 1.165) is 28.5 Å². The van der Waals surface area contributed by atoms with Crippen LogP contribution in [0, 0.1) is 5.92 Å². The number of hydrogen-bond donors (Lipinski definition) is 1. The van der Waals surface area contributed by atoms with Crippen molar-refractivity contribution in [3.63, 3.8) is 0 Å². The molecule has 1 aliphatic heterocycles. The molecule has 0 aromatic carbocycles. The predicted molar refractivity (Wildman–Crippen MR) is 81.0 cm³/mol. The Hall–Kier alpha value is -0.520. The van der Waals surface area contributed by atoms with Gasteiger partial charge in [-0.3, -0.25) is 0 Å². The fourth-order valence-electron chi connectivity index (χ4n) is 2.16. The SMILES string of the molecule is Clc1nc(NCC2CCSCC2)c2ccsc2n1. The number of fused-ring (bicyclic) bond motifs is 1. The maximum absolute atomic E-state index is 5.94. The summed E-state index contributed by atoms with van der Waals surface area (Å²) >= 11 is 9.60. The number of hydrogen-bond acceptors (Lipinski definition) is 5. The van der Waals surface area contributed by atoms with E-state index in [1.165, 1.54) is 24.3 Å². The molecule has 3 heterocycles. The quantitative estimate of drug-likeness (QED) is 0.872. The summed E-state index contributed by atoms with van der Waals surface area (Å²) in [5, 5.41) is 6.88. The van der Waals surface area contributed by atoms with Crippen LogP contribution in [-0.4, -0.2) is 28.0 Å². The second kappa shape index (κ2) is 5.63. The Balaban J connectivity index is 1.75. The molecular weight excluding hydrogens is 286 g/mol. The molecule has 0 spiro atoms. The fourth-order valence-corrected chi connectivity index (χ4v) is 4.34. The average molecular weight is 300 g/mol. The van der Waals surface area contributed by atoms with Gasteiger partial charge in [0.15, 0.2) is 0 Å². The van der Waals surface area contributed by atoms with Gasteiger partial charge in [-0.05, 0) is 53.3 Å². The van der Waals surface area contributed by atoms with Crippen LogP contribution in [0.3, 0.4) is 0 Å². The molecule has 6 heteroatoms. The van der Waals surface area contributed by atoms with E-state index in [9.17, 15) is 0 Å². The second-order valence-corrected chi connectivity index (χ2v) is 6.87. The number of rotatable bonds is 3. The Bertz CT molecular complexity index is 537. The van der Waals surface area contributed by atoms with Crippen LogP contribution in [-0.2, 0) is 0 Å². The Labute approximate surface area is 119 Å². The highest BCUT2D eigenvalue weighted by molar-refractivity contribution is 7.99. The molecule has 1 saturated heterocycles. The molecule has 3 nitrogen and oxygen atoms in total. The highest BCUT2D eigenvalue weighted by Gasteiger charge is 2.14. The van der Waals surface area contributed by atoms with Gasteiger partial charge in [0, 0.05) is 6.54 Å². The number of halogens is 1. The van der Waals surface area contributed by atoms with Crippen LogP contribution in [0.5, 0.6) is 0 Å². The van der Waals surface area contributed by atoms with Gasteiger partial charge < -0.3 is 5.32 Å². The molecule has 0 aliphatic carbocycles. The van der Waals surface area contributed by atoms with E-state index in [2.05, 4.69) is 33.1 Å². The van der Waals surface area contributed by atoms with Crippen molar-refractivity contribution in [1.29, 1.82) is 0 Å². The molecule has 2 aromatic heterocycles. The lowest BCUT2D eigenvalue weighted by atomic mass is 10.0. The van der Waals surface area contributed by atoms with Gasteiger partial charge in [0.05, 0.1) is 5.39 Å². The van der Waals surface area contributed by atoms with Gasteiger partial charge in [0.2, 0.25) is 5.28 Å². The highest BCUT2D eigenvalue weighted by atomic mass is 35.5. The minimum atomic E-state index is 0.326. The molecule has 0 unspecified atom stereocenters. The molecule has 0 radical (unpaired) electrons.